The van der Waals surface area contributed by atoms with Crippen molar-refractivity contribution in [3.05, 3.63) is 108 Å². The largest absolute Gasteiger partial charge is 0.498 e. The van der Waals surface area contributed by atoms with Crippen LogP contribution in [0.15, 0.2) is 90.6 Å². The molecule has 2 aromatic carbocycles. The van der Waals surface area contributed by atoms with Gasteiger partial charge in [-0.3, -0.25) is 0 Å². The summed E-state index contributed by atoms with van der Waals surface area (Å²) in [5, 5.41) is 0. The van der Waals surface area contributed by atoms with Crippen LogP contribution in [-0.4, -0.2) is 6.61 Å². The van der Waals surface area contributed by atoms with Crippen LogP contribution in [0.1, 0.15) is 11.1 Å². The zero-order valence-electron chi connectivity index (χ0n) is 12.7. The third-order valence-electron chi connectivity index (χ3n) is 3.59. The molecule has 0 aliphatic heterocycles. The Labute approximate surface area is 132 Å². The first-order valence-corrected chi connectivity index (χ1v) is 7.48. The van der Waals surface area contributed by atoms with E-state index in [-0.39, 0.29) is 0 Å². The van der Waals surface area contributed by atoms with E-state index in [0.717, 1.165) is 5.75 Å². The van der Waals surface area contributed by atoms with Crippen LogP contribution in [-0.2, 0) is 0 Å². The number of hydrogen-bond donors (Lipinski definition) is 0. The number of benzene rings is 2. The molecule has 1 nitrogen and oxygen atoms in total. The Hall–Kier alpha value is -2.67. The summed E-state index contributed by atoms with van der Waals surface area (Å²) in [5.41, 5.74) is 3.66. The van der Waals surface area contributed by atoms with Gasteiger partial charge in [-0.15, -0.1) is 35.9 Å². The highest BCUT2D eigenvalue weighted by Gasteiger charge is 2.04. The maximum Gasteiger partial charge on any atom is 0.118 e. The molecule has 0 atom stereocenters. The van der Waals surface area contributed by atoms with Crippen molar-refractivity contribution in [2.45, 2.75) is 6.92 Å². The third-order valence-corrected chi connectivity index (χ3v) is 3.59. The lowest BCUT2D eigenvalue weighted by molar-refractivity contribution is 0.341. The molecule has 0 spiro atoms. The van der Waals surface area contributed by atoms with Crippen molar-refractivity contribution < 1.29 is 4.74 Å². The summed E-state index contributed by atoms with van der Waals surface area (Å²) in [6.45, 7) is 2.66. The molecule has 0 amide bonds. The molecule has 0 aromatic heterocycles. The minimum atomic E-state index is 0.554. The van der Waals surface area contributed by atoms with Crippen molar-refractivity contribution >= 4 is 0 Å². The summed E-state index contributed by atoms with van der Waals surface area (Å²) in [6, 6.07) is 18.5. The maximum atomic E-state index is 5.93. The number of rotatable bonds is 5. The summed E-state index contributed by atoms with van der Waals surface area (Å²) in [7, 11) is 0. The van der Waals surface area contributed by atoms with Crippen LogP contribution in [0.5, 0.6) is 5.75 Å². The van der Waals surface area contributed by atoms with Crippen LogP contribution in [0.25, 0.3) is 0 Å². The Kier molecular flexibility index (Phi) is 4.45. The molecule has 0 radical (unpaired) electrons. The smallest absolute Gasteiger partial charge is 0.118 e. The van der Waals surface area contributed by atoms with Crippen molar-refractivity contribution in [1.29, 1.82) is 0 Å². The second kappa shape index (κ2) is 6.86. The molecule has 22 heavy (non-hydrogen) atoms. The lowest BCUT2D eigenvalue weighted by atomic mass is 9.96. The average molecular weight is 287 g/mol. The predicted molar refractivity (Wildman–Crippen MR) is 91.8 cm³/mol. The molecule has 1 heteroatoms. The molecule has 0 unspecified atom stereocenters. The zero-order valence-corrected chi connectivity index (χ0v) is 12.7. The summed E-state index contributed by atoms with van der Waals surface area (Å²) in [4.78, 5) is 0. The molecule has 0 N–H and O–H groups in total. The summed E-state index contributed by atoms with van der Waals surface area (Å²) in [6.07, 6.45) is 10.5. The highest BCUT2D eigenvalue weighted by molar-refractivity contribution is 5.48. The molecule has 2 aromatic rings. The fourth-order valence-electron chi connectivity index (χ4n) is 2.34. The van der Waals surface area contributed by atoms with Crippen molar-refractivity contribution in [3.63, 3.8) is 0 Å². The van der Waals surface area contributed by atoms with E-state index in [9.17, 15) is 0 Å². The van der Waals surface area contributed by atoms with E-state index in [1.54, 1.807) is 0 Å². The van der Waals surface area contributed by atoms with E-state index in [1.165, 1.54) is 22.6 Å². The first kappa shape index (κ1) is 14.3. The van der Waals surface area contributed by atoms with Gasteiger partial charge in [0.15, 0.2) is 0 Å². The summed E-state index contributed by atoms with van der Waals surface area (Å²) in [5.74, 6) is 2.07. The highest BCUT2D eigenvalue weighted by Crippen LogP contribution is 2.22. The van der Waals surface area contributed by atoms with Crippen LogP contribution >= 0.6 is 0 Å². The maximum absolute atomic E-state index is 5.93. The van der Waals surface area contributed by atoms with Crippen LogP contribution in [0.2, 0.25) is 0 Å². The summed E-state index contributed by atoms with van der Waals surface area (Å²) >= 11 is 0. The van der Waals surface area contributed by atoms with Gasteiger partial charge in [0.1, 0.15) is 5.75 Å². The number of para-hydroxylation sites is 1. The van der Waals surface area contributed by atoms with Gasteiger partial charge in [-0.25, -0.2) is 0 Å². The quantitative estimate of drug-likeness (QED) is 0.699. The van der Waals surface area contributed by atoms with Crippen molar-refractivity contribution in [1.82, 2.24) is 0 Å². The second-order valence-corrected chi connectivity index (χ2v) is 5.36. The second-order valence-electron chi connectivity index (χ2n) is 5.36. The molecule has 0 bridgehead atoms. The van der Waals surface area contributed by atoms with Crippen LogP contribution in [0, 0.1) is 12.8 Å². The SMILES string of the molecule is Cc1ccc([C-](C=C2C=CC=C2)COc2ccccc2)cc1. The number of hydrogen-bond acceptors (Lipinski definition) is 1. The normalized spacial score (nSPS) is 12.5. The van der Waals surface area contributed by atoms with E-state index in [2.05, 4.69) is 61.6 Å². The molecule has 1 aliphatic rings. The number of allylic oxidation sites excluding steroid dienone is 5. The van der Waals surface area contributed by atoms with Crippen LogP contribution in [0.4, 0.5) is 0 Å². The predicted octanol–water partition coefficient (Wildman–Crippen LogP) is 5.05. The standard InChI is InChI=1S/C21H19O/c1-17-11-13-19(14-12-17)20(15-18-7-5-6-8-18)16-22-21-9-3-2-4-10-21/h2-15H,16H2,1H3/q-1. The van der Waals surface area contributed by atoms with Crippen molar-refractivity contribution in [2.24, 2.45) is 0 Å². The van der Waals surface area contributed by atoms with Gasteiger partial charge >= 0.3 is 0 Å². The number of ether oxygens (including phenoxy) is 1. The Morgan fingerprint density at radius 1 is 0.909 bits per heavy atom. The lowest BCUT2D eigenvalue weighted by Crippen LogP contribution is -2.10. The van der Waals surface area contributed by atoms with Gasteiger partial charge in [-0.1, -0.05) is 59.6 Å². The molecule has 1 aliphatic carbocycles. The average Bonchev–Trinajstić information content (AvgIpc) is 3.06. The van der Waals surface area contributed by atoms with Gasteiger partial charge < -0.3 is 4.74 Å². The van der Waals surface area contributed by atoms with Gasteiger partial charge in [0.25, 0.3) is 0 Å². The first-order chi connectivity index (χ1) is 10.8. The van der Waals surface area contributed by atoms with Crippen molar-refractivity contribution in [3.8, 4) is 5.75 Å². The van der Waals surface area contributed by atoms with Gasteiger partial charge in [-0.05, 0) is 19.1 Å². The minimum absolute atomic E-state index is 0.554. The molecular weight excluding hydrogens is 268 g/mol. The summed E-state index contributed by atoms with van der Waals surface area (Å²) < 4.78 is 5.93. The van der Waals surface area contributed by atoms with E-state index < -0.39 is 0 Å². The van der Waals surface area contributed by atoms with Gasteiger partial charge in [0.05, 0.1) is 6.61 Å². The van der Waals surface area contributed by atoms with E-state index in [4.69, 9.17) is 4.74 Å². The molecule has 0 fully saturated rings. The Bertz CT molecular complexity index is 676. The third kappa shape index (κ3) is 3.70. The Morgan fingerprint density at radius 2 is 1.59 bits per heavy atom. The molecular formula is C21H19O-. The molecule has 0 heterocycles. The van der Waals surface area contributed by atoms with Crippen LogP contribution in [0.3, 0.4) is 0 Å². The first-order valence-electron chi connectivity index (χ1n) is 7.48. The van der Waals surface area contributed by atoms with Crippen LogP contribution < -0.4 is 4.74 Å². The van der Waals surface area contributed by atoms with Gasteiger partial charge in [0, 0.05) is 0 Å². The fraction of sp³-hybridized carbons (Fsp3) is 0.0952. The molecule has 110 valence electrons. The van der Waals surface area contributed by atoms with Gasteiger partial charge in [-0.2, -0.15) is 0 Å². The van der Waals surface area contributed by atoms with Gasteiger partial charge in [0.2, 0.25) is 0 Å². The molecule has 0 saturated heterocycles. The Morgan fingerprint density at radius 3 is 2.27 bits per heavy atom. The monoisotopic (exact) mass is 287 g/mol. The van der Waals surface area contributed by atoms with E-state index >= 15 is 0 Å². The minimum Gasteiger partial charge on any atom is -0.498 e. The van der Waals surface area contributed by atoms with Crippen molar-refractivity contribution in [2.75, 3.05) is 6.61 Å². The fourth-order valence-corrected chi connectivity index (χ4v) is 2.34. The molecule has 0 saturated carbocycles. The lowest BCUT2D eigenvalue weighted by Gasteiger charge is -2.22. The highest BCUT2D eigenvalue weighted by atomic mass is 16.5. The molecule has 3 rings (SSSR count). The topological polar surface area (TPSA) is 9.23 Å². The zero-order chi connectivity index (χ0) is 15.2. The number of aryl methyl sites for hydroxylation is 1. The van der Waals surface area contributed by atoms with E-state index in [0.29, 0.717) is 6.61 Å². The Balaban J connectivity index is 1.79. The van der Waals surface area contributed by atoms with E-state index in [1.807, 2.05) is 30.3 Å².